The highest BCUT2D eigenvalue weighted by atomic mass is 32.1. The van der Waals surface area contributed by atoms with E-state index in [0.717, 1.165) is 39.5 Å². The summed E-state index contributed by atoms with van der Waals surface area (Å²) in [5, 5.41) is 22.2. The minimum absolute atomic E-state index is 0.223. The summed E-state index contributed by atoms with van der Waals surface area (Å²) in [4.78, 5) is 37.9. The van der Waals surface area contributed by atoms with Gasteiger partial charge in [-0.2, -0.15) is 4.99 Å². The molecule has 10 nitrogen and oxygen atoms in total. The van der Waals surface area contributed by atoms with Crippen molar-refractivity contribution in [3.05, 3.63) is 72.1 Å². The van der Waals surface area contributed by atoms with Crippen LogP contribution in [0.5, 0.6) is 0 Å². The third kappa shape index (κ3) is 4.26. The number of amides is 1. The Labute approximate surface area is 174 Å². The molecule has 0 saturated heterocycles. The fraction of sp³-hybridized carbons (Fsp3) is 0.263. The number of nitro benzene ring substituents is 2. The van der Waals surface area contributed by atoms with Gasteiger partial charge in [-0.15, -0.1) is 0 Å². The van der Waals surface area contributed by atoms with Gasteiger partial charge in [-0.05, 0) is 37.1 Å². The standard InChI is InChI=1S/C19H18N4O6S/c1-11-6-16-17(7-12(11)2)30-19(21(16)4-5-29-3)20-18(24)13-8-14(22(25)26)10-15(9-13)23(27)28/h6-10H,4-5H2,1-3H3. The van der Waals surface area contributed by atoms with E-state index in [1.165, 1.54) is 11.3 Å². The number of thiazole rings is 1. The Morgan fingerprint density at radius 1 is 1.07 bits per heavy atom. The Balaban J connectivity index is 2.17. The summed E-state index contributed by atoms with van der Waals surface area (Å²) in [7, 11) is 1.56. The van der Waals surface area contributed by atoms with E-state index < -0.39 is 27.1 Å². The summed E-state index contributed by atoms with van der Waals surface area (Å²) in [6.07, 6.45) is 0. The molecular formula is C19H18N4O6S. The van der Waals surface area contributed by atoms with E-state index in [1.807, 2.05) is 30.5 Å². The Morgan fingerprint density at radius 3 is 2.23 bits per heavy atom. The predicted octanol–water partition coefficient (Wildman–Crippen LogP) is 3.52. The minimum Gasteiger partial charge on any atom is -0.383 e. The molecule has 2 aromatic carbocycles. The highest BCUT2D eigenvalue weighted by Gasteiger charge is 2.20. The van der Waals surface area contributed by atoms with Crippen LogP contribution in [0.15, 0.2) is 35.3 Å². The van der Waals surface area contributed by atoms with Gasteiger partial charge in [0.1, 0.15) is 0 Å². The van der Waals surface area contributed by atoms with E-state index in [1.54, 1.807) is 7.11 Å². The smallest absolute Gasteiger partial charge is 0.280 e. The van der Waals surface area contributed by atoms with Crippen molar-refractivity contribution < 1.29 is 19.4 Å². The molecule has 30 heavy (non-hydrogen) atoms. The number of benzene rings is 2. The lowest BCUT2D eigenvalue weighted by Crippen LogP contribution is -2.19. The number of rotatable bonds is 6. The quantitative estimate of drug-likeness (QED) is 0.434. The number of nitrogens with zero attached hydrogens (tertiary/aromatic N) is 4. The van der Waals surface area contributed by atoms with Gasteiger partial charge >= 0.3 is 0 Å². The van der Waals surface area contributed by atoms with Crippen LogP contribution in [0.1, 0.15) is 21.5 Å². The monoisotopic (exact) mass is 430 g/mol. The molecule has 1 heterocycles. The maximum absolute atomic E-state index is 12.8. The summed E-state index contributed by atoms with van der Waals surface area (Å²) in [5.41, 5.74) is 1.75. The van der Waals surface area contributed by atoms with Gasteiger partial charge in [0.2, 0.25) is 0 Å². The van der Waals surface area contributed by atoms with Crippen LogP contribution in [0.4, 0.5) is 11.4 Å². The molecule has 0 unspecified atom stereocenters. The SMILES string of the molecule is COCCn1c(=NC(=O)c2cc([N+](=O)[O-])cc([N+](=O)[O-])c2)sc2cc(C)c(C)cc21. The van der Waals surface area contributed by atoms with Gasteiger partial charge in [0, 0.05) is 25.8 Å². The lowest BCUT2D eigenvalue weighted by Gasteiger charge is -2.06. The van der Waals surface area contributed by atoms with Crippen molar-refractivity contribution in [2.45, 2.75) is 20.4 Å². The van der Waals surface area contributed by atoms with Crippen molar-refractivity contribution in [1.82, 2.24) is 4.57 Å². The minimum atomic E-state index is -0.798. The zero-order chi connectivity index (χ0) is 22.0. The third-order valence-electron chi connectivity index (χ3n) is 4.59. The van der Waals surface area contributed by atoms with E-state index in [-0.39, 0.29) is 5.56 Å². The van der Waals surface area contributed by atoms with Crippen molar-refractivity contribution in [3.63, 3.8) is 0 Å². The molecule has 0 aliphatic heterocycles. The number of methoxy groups -OCH3 is 1. The molecule has 1 amide bonds. The van der Waals surface area contributed by atoms with Crippen molar-refractivity contribution in [1.29, 1.82) is 0 Å². The molecule has 0 radical (unpaired) electrons. The first-order valence-electron chi connectivity index (χ1n) is 8.83. The third-order valence-corrected chi connectivity index (χ3v) is 5.63. The van der Waals surface area contributed by atoms with Crippen LogP contribution in [0, 0.1) is 34.1 Å². The summed E-state index contributed by atoms with van der Waals surface area (Å²) in [6, 6.07) is 6.78. The van der Waals surface area contributed by atoms with Crippen LogP contribution in [0.3, 0.4) is 0 Å². The number of aromatic nitrogens is 1. The average Bonchev–Trinajstić information content (AvgIpc) is 3.01. The zero-order valence-corrected chi connectivity index (χ0v) is 17.3. The maximum atomic E-state index is 12.8. The highest BCUT2D eigenvalue weighted by molar-refractivity contribution is 7.16. The van der Waals surface area contributed by atoms with Gasteiger partial charge < -0.3 is 9.30 Å². The maximum Gasteiger partial charge on any atom is 0.280 e. The number of carbonyl (C=O) groups is 1. The zero-order valence-electron chi connectivity index (χ0n) is 16.4. The number of non-ortho nitro benzene ring substituents is 2. The molecule has 0 N–H and O–H groups in total. The fourth-order valence-corrected chi connectivity index (χ4v) is 4.02. The normalized spacial score (nSPS) is 11.8. The molecule has 0 spiro atoms. The molecule has 0 bridgehead atoms. The largest absolute Gasteiger partial charge is 0.383 e. The second kappa shape index (κ2) is 8.51. The molecule has 0 saturated carbocycles. The van der Waals surface area contributed by atoms with Gasteiger partial charge in [0.25, 0.3) is 17.3 Å². The fourth-order valence-electron chi connectivity index (χ4n) is 2.89. The number of fused-ring (bicyclic) bond motifs is 1. The van der Waals surface area contributed by atoms with Crippen molar-refractivity contribution in [3.8, 4) is 0 Å². The Morgan fingerprint density at radius 2 is 1.67 bits per heavy atom. The van der Waals surface area contributed by atoms with Crippen LogP contribution in [0.2, 0.25) is 0 Å². The summed E-state index contributed by atoms with van der Waals surface area (Å²) >= 11 is 1.29. The molecule has 3 rings (SSSR count). The van der Waals surface area contributed by atoms with Crippen molar-refractivity contribution in [2.75, 3.05) is 13.7 Å². The topological polar surface area (TPSA) is 130 Å². The van der Waals surface area contributed by atoms with Crippen LogP contribution in [-0.2, 0) is 11.3 Å². The first-order valence-corrected chi connectivity index (χ1v) is 9.65. The van der Waals surface area contributed by atoms with Gasteiger partial charge in [-0.1, -0.05) is 11.3 Å². The number of carbonyl (C=O) groups excluding carboxylic acids is 1. The molecule has 0 aliphatic carbocycles. The van der Waals surface area contributed by atoms with Gasteiger partial charge in [0.05, 0.1) is 38.3 Å². The number of ether oxygens (including phenoxy) is 1. The van der Waals surface area contributed by atoms with E-state index in [0.29, 0.717) is 18.0 Å². The molecule has 0 aliphatic rings. The molecule has 0 atom stereocenters. The van der Waals surface area contributed by atoms with Crippen LogP contribution in [-0.4, -0.2) is 34.0 Å². The second-order valence-electron chi connectivity index (χ2n) is 6.60. The Hall–Kier alpha value is -3.44. The van der Waals surface area contributed by atoms with E-state index in [4.69, 9.17) is 4.74 Å². The lowest BCUT2D eigenvalue weighted by molar-refractivity contribution is -0.394. The van der Waals surface area contributed by atoms with Gasteiger partial charge in [0.15, 0.2) is 4.80 Å². The van der Waals surface area contributed by atoms with Crippen molar-refractivity contribution in [2.24, 2.45) is 4.99 Å². The van der Waals surface area contributed by atoms with Crippen LogP contribution >= 0.6 is 11.3 Å². The van der Waals surface area contributed by atoms with Crippen LogP contribution < -0.4 is 4.80 Å². The second-order valence-corrected chi connectivity index (χ2v) is 7.61. The number of aryl methyl sites for hydroxylation is 2. The van der Waals surface area contributed by atoms with E-state index >= 15 is 0 Å². The van der Waals surface area contributed by atoms with E-state index in [2.05, 4.69) is 4.99 Å². The number of hydrogen-bond donors (Lipinski definition) is 0. The van der Waals surface area contributed by atoms with Crippen LogP contribution in [0.25, 0.3) is 10.2 Å². The Bertz CT molecular complexity index is 1210. The number of hydrogen-bond acceptors (Lipinski definition) is 7. The lowest BCUT2D eigenvalue weighted by atomic mass is 10.1. The van der Waals surface area contributed by atoms with Gasteiger partial charge in [-0.25, -0.2) is 0 Å². The number of nitro groups is 2. The average molecular weight is 430 g/mol. The summed E-state index contributed by atoms with van der Waals surface area (Å²) in [5.74, 6) is -0.798. The van der Waals surface area contributed by atoms with Gasteiger partial charge in [-0.3, -0.25) is 25.0 Å². The highest BCUT2D eigenvalue weighted by Crippen LogP contribution is 2.24. The molecule has 1 aromatic heterocycles. The first-order chi connectivity index (χ1) is 14.2. The summed E-state index contributed by atoms with van der Waals surface area (Å²) < 4.78 is 7.91. The summed E-state index contributed by atoms with van der Waals surface area (Å²) in [6.45, 7) is 4.80. The predicted molar refractivity (Wildman–Crippen MR) is 111 cm³/mol. The molecular weight excluding hydrogens is 412 g/mol. The Kier molecular flexibility index (Phi) is 6.04. The first kappa shape index (κ1) is 21.3. The molecule has 3 aromatic rings. The molecule has 0 fully saturated rings. The van der Waals surface area contributed by atoms with Crippen molar-refractivity contribution >= 4 is 38.8 Å². The van der Waals surface area contributed by atoms with E-state index in [9.17, 15) is 25.0 Å². The molecule has 11 heteroatoms. The molecule has 156 valence electrons.